The number of benzene rings is 1. The Hall–Kier alpha value is -0.930. The molecule has 0 saturated carbocycles. The summed E-state index contributed by atoms with van der Waals surface area (Å²) in [5.74, 6) is 0.717. The van der Waals surface area contributed by atoms with Crippen LogP contribution in [-0.2, 0) is 0 Å². The number of anilines is 1. The van der Waals surface area contributed by atoms with Gasteiger partial charge in [0, 0.05) is 30.9 Å². The number of hydrogen-bond acceptors (Lipinski definition) is 3. The normalized spacial score (nSPS) is 20.7. The summed E-state index contributed by atoms with van der Waals surface area (Å²) in [4.78, 5) is 2.25. The van der Waals surface area contributed by atoms with E-state index in [1.807, 2.05) is 18.2 Å². The van der Waals surface area contributed by atoms with E-state index >= 15 is 0 Å². The molecular weight excluding hydrogens is 212 g/mol. The summed E-state index contributed by atoms with van der Waals surface area (Å²) in [6.07, 6.45) is 1.05. The fraction of sp³-hybridized carbons (Fsp3) is 0.455. The zero-order chi connectivity index (χ0) is 10.8. The number of nitrogens with two attached hydrogens (primary N) is 1. The van der Waals surface area contributed by atoms with Crippen LogP contribution in [0.5, 0.6) is 5.75 Å². The van der Waals surface area contributed by atoms with Crippen molar-refractivity contribution in [3.05, 3.63) is 23.2 Å². The molecule has 2 N–H and O–H groups in total. The second-order valence-corrected chi connectivity index (χ2v) is 4.22. The van der Waals surface area contributed by atoms with Crippen LogP contribution in [0.15, 0.2) is 18.2 Å². The molecule has 3 nitrogen and oxygen atoms in total. The van der Waals surface area contributed by atoms with Crippen molar-refractivity contribution in [3.8, 4) is 5.75 Å². The number of methoxy groups -OCH3 is 1. The lowest BCUT2D eigenvalue weighted by Crippen LogP contribution is -2.26. The summed E-state index contributed by atoms with van der Waals surface area (Å²) >= 11 is 5.96. The van der Waals surface area contributed by atoms with Gasteiger partial charge >= 0.3 is 0 Å². The van der Waals surface area contributed by atoms with E-state index in [4.69, 9.17) is 22.1 Å². The molecule has 1 atom stereocenters. The third-order valence-corrected chi connectivity index (χ3v) is 3.04. The summed E-state index contributed by atoms with van der Waals surface area (Å²) in [6, 6.07) is 6.11. The quantitative estimate of drug-likeness (QED) is 0.837. The molecule has 0 aromatic heterocycles. The summed E-state index contributed by atoms with van der Waals surface area (Å²) < 4.78 is 5.18. The molecule has 82 valence electrons. The first-order chi connectivity index (χ1) is 7.20. The Kier molecular flexibility index (Phi) is 3.03. The van der Waals surface area contributed by atoms with Crippen molar-refractivity contribution in [1.29, 1.82) is 0 Å². The summed E-state index contributed by atoms with van der Waals surface area (Å²) in [5, 5.41) is 0.643. The SMILES string of the molecule is COc1cc(N2CCC(N)C2)ccc1Cl. The summed E-state index contributed by atoms with van der Waals surface area (Å²) in [6.45, 7) is 1.91. The van der Waals surface area contributed by atoms with Gasteiger partial charge in [-0.05, 0) is 18.6 Å². The van der Waals surface area contributed by atoms with Crippen LogP contribution in [0.3, 0.4) is 0 Å². The van der Waals surface area contributed by atoms with Crippen molar-refractivity contribution in [2.45, 2.75) is 12.5 Å². The van der Waals surface area contributed by atoms with Gasteiger partial charge in [0.1, 0.15) is 5.75 Å². The second kappa shape index (κ2) is 4.29. The zero-order valence-corrected chi connectivity index (χ0v) is 9.50. The highest BCUT2D eigenvalue weighted by atomic mass is 35.5. The maximum atomic E-state index is 5.96. The van der Waals surface area contributed by atoms with E-state index in [9.17, 15) is 0 Å². The average molecular weight is 227 g/mol. The molecule has 4 heteroatoms. The molecule has 1 fully saturated rings. The lowest BCUT2D eigenvalue weighted by atomic mass is 10.2. The van der Waals surface area contributed by atoms with Gasteiger partial charge in [-0.2, -0.15) is 0 Å². The van der Waals surface area contributed by atoms with Crippen molar-refractivity contribution in [2.24, 2.45) is 5.73 Å². The molecule has 1 aliphatic heterocycles. The fourth-order valence-corrected chi connectivity index (χ4v) is 2.06. The van der Waals surface area contributed by atoms with E-state index in [1.54, 1.807) is 7.11 Å². The highest BCUT2D eigenvalue weighted by Gasteiger charge is 2.19. The van der Waals surface area contributed by atoms with Crippen LogP contribution in [0.2, 0.25) is 5.02 Å². The molecule has 0 amide bonds. The van der Waals surface area contributed by atoms with Gasteiger partial charge < -0.3 is 15.4 Å². The topological polar surface area (TPSA) is 38.5 Å². The van der Waals surface area contributed by atoms with Crippen LogP contribution >= 0.6 is 11.6 Å². The number of hydrogen-bond donors (Lipinski definition) is 1. The van der Waals surface area contributed by atoms with Crippen molar-refractivity contribution in [3.63, 3.8) is 0 Å². The predicted molar refractivity (Wildman–Crippen MR) is 62.8 cm³/mol. The Bertz CT molecular complexity index is 356. The molecule has 1 aromatic rings. The average Bonchev–Trinajstić information content (AvgIpc) is 2.66. The first-order valence-electron chi connectivity index (χ1n) is 5.05. The molecule has 0 spiro atoms. The third kappa shape index (κ3) is 2.19. The van der Waals surface area contributed by atoms with Crippen LogP contribution in [0, 0.1) is 0 Å². The van der Waals surface area contributed by atoms with Gasteiger partial charge in [-0.25, -0.2) is 0 Å². The zero-order valence-electron chi connectivity index (χ0n) is 8.74. The lowest BCUT2D eigenvalue weighted by molar-refractivity contribution is 0.415. The minimum atomic E-state index is 0.284. The number of ether oxygens (including phenoxy) is 1. The van der Waals surface area contributed by atoms with Crippen molar-refractivity contribution in [2.75, 3.05) is 25.1 Å². The van der Waals surface area contributed by atoms with Crippen LogP contribution in [-0.4, -0.2) is 26.2 Å². The molecule has 0 radical (unpaired) electrons. The van der Waals surface area contributed by atoms with Gasteiger partial charge in [-0.1, -0.05) is 11.6 Å². The van der Waals surface area contributed by atoms with Gasteiger partial charge in [0.15, 0.2) is 0 Å². The molecule has 0 aliphatic carbocycles. The minimum Gasteiger partial charge on any atom is -0.495 e. The molecule has 1 aliphatic rings. The predicted octanol–water partition coefficient (Wildman–Crippen LogP) is 1.89. The monoisotopic (exact) mass is 226 g/mol. The largest absolute Gasteiger partial charge is 0.495 e. The van der Waals surface area contributed by atoms with E-state index in [0.717, 1.165) is 30.9 Å². The molecule has 0 bridgehead atoms. The Morgan fingerprint density at radius 3 is 2.93 bits per heavy atom. The maximum Gasteiger partial charge on any atom is 0.139 e. The Labute approximate surface area is 94.8 Å². The Morgan fingerprint density at radius 2 is 2.33 bits per heavy atom. The molecule has 1 saturated heterocycles. The van der Waals surface area contributed by atoms with Gasteiger partial charge in [0.2, 0.25) is 0 Å². The number of nitrogens with zero attached hydrogens (tertiary/aromatic N) is 1. The van der Waals surface area contributed by atoms with Crippen molar-refractivity contribution >= 4 is 17.3 Å². The van der Waals surface area contributed by atoms with E-state index < -0.39 is 0 Å². The maximum absolute atomic E-state index is 5.96. The molecule has 1 unspecified atom stereocenters. The highest BCUT2D eigenvalue weighted by Crippen LogP contribution is 2.30. The van der Waals surface area contributed by atoms with E-state index in [0.29, 0.717) is 5.02 Å². The Balaban J connectivity index is 2.21. The Morgan fingerprint density at radius 1 is 1.53 bits per heavy atom. The second-order valence-electron chi connectivity index (χ2n) is 3.81. The van der Waals surface area contributed by atoms with E-state index in [1.165, 1.54) is 0 Å². The standard InChI is InChI=1S/C11H15ClN2O/c1-15-11-6-9(2-3-10(11)12)14-5-4-8(13)7-14/h2-3,6,8H,4-5,7,13H2,1H3. The third-order valence-electron chi connectivity index (χ3n) is 2.72. The van der Waals surface area contributed by atoms with Gasteiger partial charge in [0.25, 0.3) is 0 Å². The molecule has 1 heterocycles. The first-order valence-corrected chi connectivity index (χ1v) is 5.42. The summed E-state index contributed by atoms with van der Waals surface area (Å²) in [5.41, 5.74) is 6.99. The molecular formula is C11H15ClN2O. The number of rotatable bonds is 2. The number of halogens is 1. The molecule has 2 rings (SSSR count). The fourth-order valence-electron chi connectivity index (χ4n) is 1.87. The van der Waals surface area contributed by atoms with Gasteiger partial charge in [0.05, 0.1) is 12.1 Å². The van der Waals surface area contributed by atoms with Crippen LogP contribution in [0.4, 0.5) is 5.69 Å². The van der Waals surface area contributed by atoms with E-state index in [-0.39, 0.29) is 6.04 Å². The first kappa shape index (κ1) is 10.6. The minimum absolute atomic E-state index is 0.284. The van der Waals surface area contributed by atoms with Crippen LogP contribution in [0.1, 0.15) is 6.42 Å². The summed E-state index contributed by atoms with van der Waals surface area (Å²) in [7, 11) is 1.63. The van der Waals surface area contributed by atoms with E-state index in [2.05, 4.69) is 4.90 Å². The van der Waals surface area contributed by atoms with Crippen molar-refractivity contribution < 1.29 is 4.74 Å². The van der Waals surface area contributed by atoms with Gasteiger partial charge in [-0.3, -0.25) is 0 Å². The smallest absolute Gasteiger partial charge is 0.139 e. The molecule has 15 heavy (non-hydrogen) atoms. The van der Waals surface area contributed by atoms with Crippen LogP contribution in [0.25, 0.3) is 0 Å². The van der Waals surface area contributed by atoms with Gasteiger partial charge in [-0.15, -0.1) is 0 Å². The van der Waals surface area contributed by atoms with Crippen LogP contribution < -0.4 is 15.4 Å². The van der Waals surface area contributed by atoms with Crippen molar-refractivity contribution in [1.82, 2.24) is 0 Å². The highest BCUT2D eigenvalue weighted by molar-refractivity contribution is 6.32. The lowest BCUT2D eigenvalue weighted by Gasteiger charge is -2.19. The molecule has 1 aromatic carbocycles.